The summed E-state index contributed by atoms with van der Waals surface area (Å²) in [5, 5.41) is 4.10. The van der Waals surface area contributed by atoms with Crippen LogP contribution >= 0.6 is 0 Å². The van der Waals surface area contributed by atoms with Crippen LogP contribution in [0, 0.1) is 5.92 Å². The fraction of sp³-hybridized carbons (Fsp3) is 0.769. The van der Waals surface area contributed by atoms with Crippen LogP contribution in [0.5, 0.6) is 0 Å². The molecule has 0 saturated carbocycles. The molecule has 0 unspecified atom stereocenters. The molecule has 7 nitrogen and oxygen atoms in total. The predicted octanol–water partition coefficient (Wildman–Crippen LogP) is 0.512. The summed E-state index contributed by atoms with van der Waals surface area (Å²) in [5.74, 6) is -0.610. The van der Waals surface area contributed by atoms with E-state index in [1.54, 1.807) is 15.9 Å². The minimum Gasteiger partial charge on any atom is -0.340 e. The maximum absolute atomic E-state index is 12.2. The molecular formula is C13H22N4O3S. The van der Waals surface area contributed by atoms with Gasteiger partial charge in [0.05, 0.1) is 11.8 Å². The monoisotopic (exact) mass is 314 g/mol. The van der Waals surface area contributed by atoms with Gasteiger partial charge in [-0.3, -0.25) is 4.79 Å². The number of amides is 1. The molecule has 1 aromatic heterocycles. The molecule has 0 aliphatic carbocycles. The molecule has 1 aliphatic rings. The van der Waals surface area contributed by atoms with Crippen LogP contribution in [0.2, 0.25) is 0 Å². The first-order valence-electron chi connectivity index (χ1n) is 7.19. The Morgan fingerprint density at radius 1 is 1.43 bits per heavy atom. The van der Waals surface area contributed by atoms with Crippen molar-refractivity contribution >= 4 is 15.7 Å². The fourth-order valence-electron chi connectivity index (χ4n) is 2.65. The Morgan fingerprint density at radius 3 is 2.81 bits per heavy atom. The van der Waals surface area contributed by atoms with Gasteiger partial charge in [0.1, 0.15) is 18.4 Å². The molecule has 1 saturated heterocycles. The highest BCUT2D eigenvalue weighted by molar-refractivity contribution is 7.92. The van der Waals surface area contributed by atoms with E-state index in [4.69, 9.17) is 0 Å². The summed E-state index contributed by atoms with van der Waals surface area (Å²) in [6.45, 7) is 4.79. The first-order valence-corrected chi connectivity index (χ1v) is 9.02. The molecule has 8 heteroatoms. The molecule has 1 amide bonds. The molecule has 1 atom stereocenters. The highest BCUT2D eigenvalue weighted by Gasteiger charge is 2.28. The summed E-state index contributed by atoms with van der Waals surface area (Å²) in [5.41, 5.74) is 0. The molecule has 1 fully saturated rings. The Balaban J connectivity index is 1.96. The number of nitrogens with zero attached hydrogens (tertiary/aromatic N) is 4. The third kappa shape index (κ3) is 4.52. The largest absolute Gasteiger partial charge is 0.340 e. The van der Waals surface area contributed by atoms with Crippen molar-refractivity contribution in [2.45, 2.75) is 32.7 Å². The van der Waals surface area contributed by atoms with Gasteiger partial charge in [0, 0.05) is 13.1 Å². The molecule has 0 bridgehead atoms. The molecule has 0 N–H and O–H groups in total. The number of hydrogen-bond donors (Lipinski definition) is 0. The molecule has 0 radical (unpaired) electrons. The number of carbonyl (C=O) groups is 1. The van der Waals surface area contributed by atoms with Gasteiger partial charge < -0.3 is 4.90 Å². The van der Waals surface area contributed by atoms with Crippen LogP contribution in [0.25, 0.3) is 0 Å². The normalized spacial score (nSPS) is 20.0. The minimum absolute atomic E-state index is 0.0343. The summed E-state index contributed by atoms with van der Waals surface area (Å²) < 4.78 is 25.6. The zero-order valence-electron chi connectivity index (χ0n) is 12.5. The van der Waals surface area contributed by atoms with Crippen LogP contribution in [0.4, 0.5) is 0 Å². The lowest BCUT2D eigenvalue weighted by atomic mass is 10.1. The van der Waals surface area contributed by atoms with Crippen LogP contribution in [0.3, 0.4) is 0 Å². The Labute approximate surface area is 125 Å². The van der Waals surface area contributed by atoms with Crippen LogP contribution in [0.1, 0.15) is 32.7 Å². The number of likely N-dealkylation sites (tertiary alicyclic amines) is 1. The van der Waals surface area contributed by atoms with Gasteiger partial charge in [0.25, 0.3) is 0 Å². The molecule has 0 spiro atoms. The van der Waals surface area contributed by atoms with E-state index in [1.165, 1.54) is 6.33 Å². The lowest BCUT2D eigenvalue weighted by Gasteiger charge is -2.32. The smallest absolute Gasteiger partial charge is 0.237 e. The maximum atomic E-state index is 12.2. The molecule has 0 aromatic carbocycles. The first kappa shape index (κ1) is 15.9. The number of sulfone groups is 1. The predicted molar refractivity (Wildman–Crippen MR) is 78.4 cm³/mol. The van der Waals surface area contributed by atoms with E-state index in [9.17, 15) is 13.2 Å². The van der Waals surface area contributed by atoms with Gasteiger partial charge in [-0.25, -0.2) is 18.1 Å². The standard InChI is InChI=1S/C13H22N4O3S/c1-11(2)7-21(19,20)8-13(18)16-5-3-4-12(6-16)17-10-14-9-15-17/h9-12H,3-8H2,1-2H3/t12-/m0/s1. The second-order valence-electron chi connectivity index (χ2n) is 5.96. The van der Waals surface area contributed by atoms with Crippen LogP contribution in [-0.4, -0.2) is 58.6 Å². The van der Waals surface area contributed by atoms with Crippen molar-refractivity contribution in [3.05, 3.63) is 12.7 Å². The summed E-state index contributed by atoms with van der Waals surface area (Å²) in [4.78, 5) is 17.8. The minimum atomic E-state index is -3.33. The molecule has 2 rings (SSSR count). The summed E-state index contributed by atoms with van der Waals surface area (Å²) in [7, 11) is -3.33. The molecule has 21 heavy (non-hydrogen) atoms. The molecule has 1 aromatic rings. The molecule has 2 heterocycles. The van der Waals surface area contributed by atoms with Crippen molar-refractivity contribution in [1.82, 2.24) is 19.7 Å². The number of carbonyl (C=O) groups excluding carboxylic acids is 1. The summed E-state index contributed by atoms with van der Waals surface area (Å²) in [6, 6.07) is 0.0815. The lowest BCUT2D eigenvalue weighted by molar-refractivity contribution is -0.130. The number of piperidine rings is 1. The van der Waals surface area contributed by atoms with Crippen molar-refractivity contribution in [3.63, 3.8) is 0 Å². The van der Waals surface area contributed by atoms with Gasteiger partial charge in [-0.1, -0.05) is 13.8 Å². The van der Waals surface area contributed by atoms with Crippen molar-refractivity contribution in [2.24, 2.45) is 5.92 Å². The average molecular weight is 314 g/mol. The molecule has 118 valence electrons. The van der Waals surface area contributed by atoms with E-state index in [0.29, 0.717) is 13.1 Å². The van der Waals surface area contributed by atoms with E-state index >= 15 is 0 Å². The van der Waals surface area contributed by atoms with Crippen LogP contribution in [-0.2, 0) is 14.6 Å². The second-order valence-corrected chi connectivity index (χ2v) is 8.07. The van der Waals surface area contributed by atoms with E-state index in [-0.39, 0.29) is 23.6 Å². The van der Waals surface area contributed by atoms with E-state index < -0.39 is 15.6 Å². The van der Waals surface area contributed by atoms with Gasteiger partial charge in [-0.05, 0) is 18.8 Å². The lowest BCUT2D eigenvalue weighted by Crippen LogP contribution is -2.43. The maximum Gasteiger partial charge on any atom is 0.237 e. The fourth-order valence-corrected chi connectivity index (χ4v) is 4.34. The van der Waals surface area contributed by atoms with Gasteiger partial charge in [0.2, 0.25) is 5.91 Å². The van der Waals surface area contributed by atoms with E-state index in [1.807, 2.05) is 13.8 Å². The van der Waals surface area contributed by atoms with Crippen molar-refractivity contribution in [2.75, 3.05) is 24.6 Å². The Kier molecular flexibility index (Phi) is 4.97. The third-order valence-electron chi connectivity index (χ3n) is 3.49. The van der Waals surface area contributed by atoms with E-state index in [2.05, 4.69) is 10.1 Å². The second kappa shape index (κ2) is 6.55. The van der Waals surface area contributed by atoms with Crippen LogP contribution < -0.4 is 0 Å². The van der Waals surface area contributed by atoms with Gasteiger partial charge in [-0.15, -0.1) is 0 Å². The Hall–Kier alpha value is -1.44. The number of rotatable bonds is 5. The zero-order chi connectivity index (χ0) is 15.5. The molecular weight excluding hydrogens is 292 g/mol. The Bertz CT molecular complexity index is 568. The number of hydrogen-bond acceptors (Lipinski definition) is 5. The van der Waals surface area contributed by atoms with Crippen molar-refractivity contribution < 1.29 is 13.2 Å². The van der Waals surface area contributed by atoms with Gasteiger partial charge in [-0.2, -0.15) is 5.10 Å². The van der Waals surface area contributed by atoms with E-state index in [0.717, 1.165) is 12.8 Å². The van der Waals surface area contributed by atoms with Gasteiger partial charge >= 0.3 is 0 Å². The van der Waals surface area contributed by atoms with Crippen LogP contribution in [0.15, 0.2) is 12.7 Å². The SMILES string of the molecule is CC(C)CS(=O)(=O)CC(=O)N1CCC[C@H](n2cncn2)C1. The third-order valence-corrected chi connectivity index (χ3v) is 5.35. The quantitative estimate of drug-likeness (QED) is 0.790. The van der Waals surface area contributed by atoms with Crippen molar-refractivity contribution in [3.8, 4) is 0 Å². The summed E-state index contributed by atoms with van der Waals surface area (Å²) >= 11 is 0. The topological polar surface area (TPSA) is 85.2 Å². The highest BCUT2D eigenvalue weighted by atomic mass is 32.2. The first-order chi connectivity index (χ1) is 9.87. The average Bonchev–Trinajstić information content (AvgIpc) is 2.90. The Morgan fingerprint density at radius 2 is 2.19 bits per heavy atom. The number of aromatic nitrogens is 3. The van der Waals surface area contributed by atoms with Gasteiger partial charge in [0.15, 0.2) is 9.84 Å². The summed E-state index contributed by atoms with van der Waals surface area (Å²) in [6.07, 6.45) is 4.87. The highest BCUT2D eigenvalue weighted by Crippen LogP contribution is 2.20. The zero-order valence-corrected chi connectivity index (χ0v) is 13.3. The molecule has 1 aliphatic heterocycles. The van der Waals surface area contributed by atoms with Crippen molar-refractivity contribution in [1.29, 1.82) is 0 Å².